The van der Waals surface area contributed by atoms with Crippen LogP contribution in [0.2, 0.25) is 0 Å². The van der Waals surface area contributed by atoms with E-state index in [1.165, 1.54) is 29.4 Å². The summed E-state index contributed by atoms with van der Waals surface area (Å²) < 4.78 is 4.78. The van der Waals surface area contributed by atoms with Crippen molar-refractivity contribution >= 4 is 24.0 Å². The smallest absolute Gasteiger partial charge is 0.407 e. The number of rotatable bonds is 10. The second-order valence-corrected chi connectivity index (χ2v) is 16.4. The molecule has 4 amide bonds. The fourth-order valence-corrected chi connectivity index (χ4v) is 8.71. The van der Waals surface area contributed by atoms with E-state index in [0.29, 0.717) is 18.9 Å². The van der Waals surface area contributed by atoms with Crippen molar-refractivity contribution in [1.82, 2.24) is 40.4 Å². The van der Waals surface area contributed by atoms with Gasteiger partial charge in [-0.05, 0) is 83.0 Å². The highest BCUT2D eigenvalue weighted by Gasteiger charge is 2.40. The van der Waals surface area contributed by atoms with E-state index < -0.39 is 24.3 Å². The topological polar surface area (TPSA) is 186 Å². The quantitative estimate of drug-likeness (QED) is 0.117. The minimum absolute atomic E-state index is 0.115. The van der Waals surface area contributed by atoms with Crippen molar-refractivity contribution in [1.29, 1.82) is 0 Å². The standard InChI is InChI=1S/C42H52N8O6/c1-22(2)34(47-40(53)54)38(51)49-16-8-10-32(49)36-43-20-30(45-36)24-12-14-26-27-15-13-25(19-29(27)42(5,6)28(26)18-24)31-21-44-37(46-31)33-11-9-17-50(33)39(52)35(23(3)4)48-41(55)56-7/h12-15,18-23,32-35,47H,8-11,16-17H2,1-7H3,(H,43,45)(H,44,46)(H,48,55)(H,53,54). The van der Waals surface area contributed by atoms with Crippen LogP contribution in [0, 0.1) is 11.8 Å². The van der Waals surface area contributed by atoms with Gasteiger partial charge >= 0.3 is 12.2 Å². The van der Waals surface area contributed by atoms with E-state index in [2.05, 4.69) is 70.8 Å². The third kappa shape index (κ3) is 7.01. The first-order valence-corrected chi connectivity index (χ1v) is 19.5. The predicted molar refractivity (Wildman–Crippen MR) is 210 cm³/mol. The first-order chi connectivity index (χ1) is 26.7. The maximum Gasteiger partial charge on any atom is 0.407 e. The van der Waals surface area contributed by atoms with E-state index in [0.717, 1.165) is 54.0 Å². The molecule has 2 saturated heterocycles. The summed E-state index contributed by atoms with van der Waals surface area (Å²) in [5.41, 5.74) is 8.13. The highest BCUT2D eigenvalue weighted by Crippen LogP contribution is 2.50. The summed E-state index contributed by atoms with van der Waals surface area (Å²) in [5.74, 6) is 0.731. The van der Waals surface area contributed by atoms with E-state index in [1.54, 1.807) is 4.90 Å². The minimum atomic E-state index is -1.21. The Kier molecular flexibility index (Phi) is 10.4. The summed E-state index contributed by atoms with van der Waals surface area (Å²) in [4.78, 5) is 70.7. The first kappa shape index (κ1) is 38.6. The van der Waals surface area contributed by atoms with E-state index in [1.807, 2.05) is 45.0 Å². The lowest BCUT2D eigenvalue weighted by Crippen LogP contribution is -2.51. The molecule has 2 fully saturated rings. The zero-order valence-electron chi connectivity index (χ0n) is 33.1. The summed E-state index contributed by atoms with van der Waals surface area (Å²) in [6.07, 6.45) is 4.97. The molecule has 4 aromatic rings. The normalized spacial score (nSPS) is 19.5. The van der Waals surface area contributed by atoms with Gasteiger partial charge in [0.1, 0.15) is 23.7 Å². The molecule has 1 aliphatic carbocycles. The second kappa shape index (κ2) is 15.1. The maximum absolute atomic E-state index is 13.7. The van der Waals surface area contributed by atoms with Crippen LogP contribution in [-0.4, -0.2) is 91.1 Å². The molecule has 7 rings (SSSR count). The predicted octanol–water partition coefficient (Wildman–Crippen LogP) is 6.77. The molecule has 2 aromatic heterocycles. The van der Waals surface area contributed by atoms with Gasteiger partial charge in [0.05, 0.1) is 43.0 Å². The third-order valence-corrected chi connectivity index (χ3v) is 11.8. The number of amides is 4. The van der Waals surface area contributed by atoms with Crippen LogP contribution in [0.3, 0.4) is 0 Å². The van der Waals surface area contributed by atoms with Gasteiger partial charge in [-0.25, -0.2) is 19.6 Å². The van der Waals surface area contributed by atoms with Crippen molar-refractivity contribution < 1.29 is 29.0 Å². The van der Waals surface area contributed by atoms with Crippen LogP contribution in [0.15, 0.2) is 48.8 Å². The second-order valence-electron chi connectivity index (χ2n) is 16.4. The van der Waals surface area contributed by atoms with Crippen LogP contribution in [0.1, 0.15) is 102 Å². The van der Waals surface area contributed by atoms with E-state index in [-0.39, 0.29) is 41.1 Å². The van der Waals surface area contributed by atoms with Crippen LogP contribution < -0.4 is 10.6 Å². The molecule has 0 radical (unpaired) electrons. The number of fused-ring (bicyclic) bond motifs is 3. The number of nitrogens with one attached hydrogen (secondary N) is 4. The van der Waals surface area contributed by atoms with Gasteiger partial charge in [-0.2, -0.15) is 0 Å². The van der Waals surface area contributed by atoms with Gasteiger partial charge < -0.3 is 40.2 Å². The fourth-order valence-electron chi connectivity index (χ4n) is 8.71. The van der Waals surface area contributed by atoms with Gasteiger partial charge in [0, 0.05) is 18.5 Å². The Morgan fingerprint density at radius 3 is 1.62 bits per heavy atom. The SMILES string of the molecule is COC(=O)NC(C(=O)N1CCCC1c1ncc(-c2ccc3c(c2)C(C)(C)c2cc(-c4cnc(C5CCCN5C(=O)C(NC(=O)O)C(C)C)[nH]4)ccc2-3)[nH]1)C(C)C. The zero-order valence-corrected chi connectivity index (χ0v) is 33.1. The lowest BCUT2D eigenvalue weighted by molar-refractivity contribution is -0.136. The zero-order chi connectivity index (χ0) is 40.1. The number of ether oxygens (including phenoxy) is 1. The molecule has 14 nitrogen and oxygen atoms in total. The number of hydrogen-bond donors (Lipinski definition) is 5. The number of alkyl carbamates (subject to hydrolysis) is 1. The number of aromatic amines is 2. The molecular weight excluding hydrogens is 713 g/mol. The van der Waals surface area contributed by atoms with Crippen molar-refractivity contribution in [3.8, 4) is 33.6 Å². The molecule has 4 heterocycles. The molecule has 3 aliphatic rings. The molecule has 5 N–H and O–H groups in total. The van der Waals surface area contributed by atoms with Gasteiger partial charge in [-0.1, -0.05) is 65.8 Å². The molecule has 0 spiro atoms. The summed E-state index contributed by atoms with van der Waals surface area (Å²) >= 11 is 0. The van der Waals surface area contributed by atoms with Crippen LogP contribution in [0.5, 0.6) is 0 Å². The van der Waals surface area contributed by atoms with Crippen molar-refractivity contribution in [2.75, 3.05) is 20.2 Å². The average Bonchev–Trinajstić information content (AvgIpc) is 4.02. The van der Waals surface area contributed by atoms with Crippen LogP contribution in [0.4, 0.5) is 9.59 Å². The summed E-state index contributed by atoms with van der Waals surface area (Å²) in [6, 6.07) is 11.0. The van der Waals surface area contributed by atoms with Crippen molar-refractivity contribution in [3.63, 3.8) is 0 Å². The molecule has 4 unspecified atom stereocenters. The summed E-state index contributed by atoms with van der Waals surface area (Å²) in [5, 5.41) is 14.5. The Balaban J connectivity index is 1.10. The van der Waals surface area contributed by atoms with Crippen molar-refractivity contribution in [2.24, 2.45) is 11.8 Å². The number of imidazole rings is 2. The summed E-state index contributed by atoms with van der Waals surface area (Å²) in [6.45, 7) is 13.1. The maximum atomic E-state index is 13.7. The Labute approximate surface area is 326 Å². The van der Waals surface area contributed by atoms with Crippen LogP contribution >= 0.6 is 0 Å². The van der Waals surface area contributed by atoms with Crippen molar-refractivity contribution in [2.45, 2.75) is 96.8 Å². The molecule has 296 valence electrons. The average molecular weight is 765 g/mol. The Hall–Kier alpha value is -5.66. The number of H-pyrrole nitrogens is 2. The lowest BCUT2D eigenvalue weighted by Gasteiger charge is -2.30. The Morgan fingerprint density at radius 1 is 0.768 bits per heavy atom. The Morgan fingerprint density at radius 2 is 1.21 bits per heavy atom. The lowest BCUT2D eigenvalue weighted by atomic mass is 9.81. The van der Waals surface area contributed by atoms with E-state index in [9.17, 15) is 24.3 Å². The molecular formula is C42H52N8O6. The number of methoxy groups -OCH3 is 1. The third-order valence-electron chi connectivity index (χ3n) is 11.8. The van der Waals surface area contributed by atoms with Crippen molar-refractivity contribution in [3.05, 3.63) is 71.6 Å². The minimum Gasteiger partial charge on any atom is -0.465 e. The van der Waals surface area contributed by atoms with Gasteiger partial charge in [0.15, 0.2) is 0 Å². The molecule has 0 saturated carbocycles. The molecule has 14 heteroatoms. The highest BCUT2D eigenvalue weighted by atomic mass is 16.5. The fraction of sp³-hybridized carbons (Fsp3) is 0.476. The van der Waals surface area contributed by atoms with E-state index >= 15 is 0 Å². The van der Waals surface area contributed by atoms with Gasteiger partial charge in [0.2, 0.25) is 11.8 Å². The first-order valence-electron chi connectivity index (χ1n) is 19.5. The molecule has 56 heavy (non-hydrogen) atoms. The monoisotopic (exact) mass is 764 g/mol. The largest absolute Gasteiger partial charge is 0.465 e. The van der Waals surface area contributed by atoms with Gasteiger partial charge in [-0.15, -0.1) is 0 Å². The highest BCUT2D eigenvalue weighted by molar-refractivity contribution is 5.88. The van der Waals surface area contributed by atoms with E-state index in [4.69, 9.17) is 14.7 Å². The molecule has 0 bridgehead atoms. The number of aromatic nitrogens is 4. The molecule has 2 aliphatic heterocycles. The number of nitrogens with zero attached hydrogens (tertiary/aromatic N) is 4. The number of carboxylic acid groups (broad SMARTS) is 1. The number of carbonyl (C=O) groups is 4. The summed E-state index contributed by atoms with van der Waals surface area (Å²) in [7, 11) is 1.29. The van der Waals surface area contributed by atoms with Crippen LogP contribution in [0.25, 0.3) is 33.6 Å². The number of likely N-dealkylation sites (tertiary alicyclic amines) is 2. The van der Waals surface area contributed by atoms with Crippen LogP contribution in [-0.2, 0) is 19.7 Å². The number of benzene rings is 2. The Bertz CT molecular complexity index is 2150. The van der Waals surface area contributed by atoms with Gasteiger partial charge in [-0.3, -0.25) is 9.59 Å². The van der Waals surface area contributed by atoms with Gasteiger partial charge in [0.25, 0.3) is 0 Å². The molecule has 2 aromatic carbocycles. The number of carbonyl (C=O) groups excluding carboxylic acids is 3. The molecule has 4 atom stereocenters. The number of hydrogen-bond acceptors (Lipinski definition) is 7.